The number of benzene rings is 2. The zero-order valence-corrected chi connectivity index (χ0v) is 17.1. The number of rotatable bonds is 4. The number of amides is 1. The molecule has 0 bridgehead atoms. The van der Waals surface area contributed by atoms with Gasteiger partial charge >= 0.3 is 5.91 Å². The Kier molecular flexibility index (Phi) is 4.96. The number of carbonyl (C=O) groups excluding carboxylic acids is 1. The van der Waals surface area contributed by atoms with Crippen molar-refractivity contribution in [3.8, 4) is 5.69 Å². The van der Waals surface area contributed by atoms with Gasteiger partial charge in [-0.2, -0.15) is 5.10 Å². The van der Waals surface area contributed by atoms with Crippen molar-refractivity contribution in [3.05, 3.63) is 87.3 Å². The molecule has 2 aromatic heterocycles. The lowest BCUT2D eigenvalue weighted by molar-refractivity contribution is 0.0929. The summed E-state index contributed by atoms with van der Waals surface area (Å²) in [6, 6.07) is 19.2. The highest BCUT2D eigenvalue weighted by Crippen LogP contribution is 2.30. The summed E-state index contributed by atoms with van der Waals surface area (Å²) in [6.07, 6.45) is 3.53. The molecule has 5 nitrogen and oxygen atoms in total. The van der Waals surface area contributed by atoms with Gasteiger partial charge in [-0.15, -0.1) is 0 Å². The minimum atomic E-state index is -0.414. The molecule has 27 heavy (non-hydrogen) atoms. The van der Waals surface area contributed by atoms with E-state index in [0.717, 1.165) is 25.7 Å². The Morgan fingerprint density at radius 3 is 2.70 bits per heavy atom. The van der Waals surface area contributed by atoms with Crippen LogP contribution in [-0.2, 0) is 0 Å². The molecule has 4 aromatic rings. The fourth-order valence-electron chi connectivity index (χ4n) is 2.72. The molecule has 0 unspecified atom stereocenters. The Hall–Kier alpha value is -2.64. The molecule has 0 aliphatic heterocycles. The summed E-state index contributed by atoms with van der Waals surface area (Å²) in [4.78, 5) is 12.3. The molecule has 0 saturated heterocycles. The predicted molar refractivity (Wildman–Crippen MR) is 112 cm³/mol. The van der Waals surface area contributed by atoms with Crippen LogP contribution in [0.3, 0.4) is 0 Å². The Morgan fingerprint density at radius 2 is 1.89 bits per heavy atom. The van der Waals surface area contributed by atoms with Gasteiger partial charge in [0.1, 0.15) is 5.58 Å². The molecule has 134 valence electrons. The lowest BCUT2D eigenvalue weighted by Crippen LogP contribution is -2.17. The van der Waals surface area contributed by atoms with Gasteiger partial charge in [0.05, 0.1) is 16.4 Å². The zero-order valence-electron chi connectivity index (χ0n) is 13.9. The van der Waals surface area contributed by atoms with Crippen LogP contribution in [0.25, 0.3) is 16.7 Å². The number of hydrogen-bond donors (Lipinski definition) is 1. The van der Waals surface area contributed by atoms with Crippen LogP contribution in [0.4, 0.5) is 0 Å². The van der Waals surface area contributed by atoms with Crippen LogP contribution in [0.1, 0.15) is 16.2 Å². The van der Waals surface area contributed by atoms with Crippen LogP contribution in [-0.4, -0.2) is 16.7 Å². The third-order valence-electron chi connectivity index (χ3n) is 3.94. The van der Waals surface area contributed by atoms with Gasteiger partial charge in [-0.3, -0.25) is 4.79 Å². The predicted octanol–water partition coefficient (Wildman–Crippen LogP) is 5.51. The minimum Gasteiger partial charge on any atom is -0.450 e. The number of fused-ring (bicyclic) bond motifs is 1. The second-order valence-corrected chi connectivity index (χ2v) is 7.52. The summed E-state index contributed by atoms with van der Waals surface area (Å²) in [6.45, 7) is 0. The summed E-state index contributed by atoms with van der Waals surface area (Å²) >= 11 is 6.85. The highest BCUT2D eigenvalue weighted by molar-refractivity contribution is 9.11. The van der Waals surface area contributed by atoms with E-state index in [1.807, 2.05) is 65.4 Å². The highest BCUT2D eigenvalue weighted by Gasteiger charge is 2.14. The summed E-state index contributed by atoms with van der Waals surface area (Å²) in [5, 5.41) is 4.88. The second-order valence-electron chi connectivity index (χ2n) is 5.75. The smallest absolute Gasteiger partial charge is 0.307 e. The number of nitrogens with zero attached hydrogens (tertiary/aromatic N) is 2. The van der Waals surface area contributed by atoms with Crippen LogP contribution in [0.5, 0.6) is 0 Å². The molecule has 0 aliphatic carbocycles. The SMILES string of the molecule is O=C(N/N=C\c1cccn1-c1ccccc1)c1cc2cc(Br)cc(Br)c2o1. The topological polar surface area (TPSA) is 59.5 Å². The van der Waals surface area contributed by atoms with Crippen LogP contribution in [0.2, 0.25) is 0 Å². The number of nitrogens with one attached hydrogen (secondary N) is 1. The minimum absolute atomic E-state index is 0.194. The molecular formula is C20H13Br2N3O2. The maximum atomic E-state index is 12.3. The van der Waals surface area contributed by atoms with Crippen LogP contribution >= 0.6 is 31.9 Å². The molecule has 1 amide bonds. The van der Waals surface area contributed by atoms with Crippen molar-refractivity contribution in [2.24, 2.45) is 5.10 Å². The molecule has 2 aromatic carbocycles. The van der Waals surface area contributed by atoms with Crippen LogP contribution in [0, 0.1) is 0 Å². The molecule has 0 spiro atoms. The van der Waals surface area contributed by atoms with E-state index in [1.165, 1.54) is 0 Å². The Balaban J connectivity index is 1.52. The molecule has 0 fully saturated rings. The fourth-order valence-corrected chi connectivity index (χ4v) is 4.06. The van der Waals surface area contributed by atoms with Gasteiger partial charge in [0.25, 0.3) is 0 Å². The molecule has 1 N–H and O–H groups in total. The summed E-state index contributed by atoms with van der Waals surface area (Å²) < 4.78 is 9.29. The van der Waals surface area contributed by atoms with Gasteiger partial charge in [-0.1, -0.05) is 34.1 Å². The maximum Gasteiger partial charge on any atom is 0.307 e. The molecule has 0 atom stereocenters. The van der Waals surface area contributed by atoms with Crippen molar-refractivity contribution in [1.29, 1.82) is 0 Å². The van der Waals surface area contributed by atoms with Crippen LogP contribution < -0.4 is 5.43 Å². The fraction of sp³-hybridized carbons (Fsp3) is 0. The van der Waals surface area contributed by atoms with E-state index in [4.69, 9.17) is 4.42 Å². The van der Waals surface area contributed by atoms with Gasteiger partial charge in [-0.05, 0) is 58.4 Å². The van der Waals surface area contributed by atoms with Crippen molar-refractivity contribution in [1.82, 2.24) is 9.99 Å². The van der Waals surface area contributed by atoms with E-state index in [1.54, 1.807) is 12.3 Å². The zero-order chi connectivity index (χ0) is 18.8. The Morgan fingerprint density at radius 1 is 1.07 bits per heavy atom. The number of hydrogen-bond acceptors (Lipinski definition) is 3. The molecule has 2 heterocycles. The van der Waals surface area contributed by atoms with E-state index in [9.17, 15) is 4.79 Å². The quantitative estimate of drug-likeness (QED) is 0.305. The van der Waals surface area contributed by atoms with Crippen molar-refractivity contribution in [3.63, 3.8) is 0 Å². The summed E-state index contributed by atoms with van der Waals surface area (Å²) in [5.74, 6) is -0.220. The Labute approximate surface area is 171 Å². The van der Waals surface area contributed by atoms with E-state index in [2.05, 4.69) is 42.4 Å². The lowest BCUT2D eigenvalue weighted by Gasteiger charge is -2.05. The molecule has 0 radical (unpaired) electrons. The average molecular weight is 487 g/mol. The van der Waals surface area contributed by atoms with Crippen molar-refractivity contribution < 1.29 is 9.21 Å². The van der Waals surface area contributed by atoms with Crippen molar-refractivity contribution >= 4 is 55.0 Å². The van der Waals surface area contributed by atoms with Gasteiger partial charge in [0, 0.05) is 21.7 Å². The summed E-state index contributed by atoms with van der Waals surface area (Å²) in [7, 11) is 0. The van der Waals surface area contributed by atoms with E-state index >= 15 is 0 Å². The van der Waals surface area contributed by atoms with Gasteiger partial charge < -0.3 is 8.98 Å². The van der Waals surface area contributed by atoms with Crippen molar-refractivity contribution in [2.45, 2.75) is 0 Å². The van der Waals surface area contributed by atoms with E-state index < -0.39 is 5.91 Å². The van der Waals surface area contributed by atoms with Crippen LogP contribution in [0.15, 0.2) is 85.3 Å². The van der Waals surface area contributed by atoms with Crippen molar-refractivity contribution in [2.75, 3.05) is 0 Å². The number of halogens is 2. The van der Waals surface area contributed by atoms with Gasteiger partial charge in [0.15, 0.2) is 5.76 Å². The number of aromatic nitrogens is 1. The highest BCUT2D eigenvalue weighted by atomic mass is 79.9. The van der Waals surface area contributed by atoms with E-state index in [0.29, 0.717) is 5.58 Å². The molecule has 7 heteroatoms. The number of para-hydroxylation sites is 1. The van der Waals surface area contributed by atoms with Gasteiger partial charge in [0.2, 0.25) is 0 Å². The first-order valence-electron chi connectivity index (χ1n) is 8.06. The number of hydrazone groups is 1. The van der Waals surface area contributed by atoms with Gasteiger partial charge in [-0.25, -0.2) is 5.43 Å². The lowest BCUT2D eigenvalue weighted by atomic mass is 10.2. The second kappa shape index (κ2) is 7.54. The first-order chi connectivity index (χ1) is 13.1. The molecule has 0 saturated carbocycles. The molecular weight excluding hydrogens is 474 g/mol. The maximum absolute atomic E-state index is 12.3. The number of furan rings is 1. The number of carbonyl (C=O) groups is 1. The normalized spacial score (nSPS) is 11.3. The monoisotopic (exact) mass is 485 g/mol. The average Bonchev–Trinajstić information content (AvgIpc) is 3.29. The summed E-state index contributed by atoms with van der Waals surface area (Å²) in [5.41, 5.74) is 4.99. The first kappa shape index (κ1) is 17.8. The van der Waals surface area contributed by atoms with E-state index in [-0.39, 0.29) is 5.76 Å². The molecule has 0 aliphatic rings. The third kappa shape index (κ3) is 3.74. The standard InChI is InChI=1S/C20H13Br2N3O2/c21-14-9-13-10-18(27-19(13)17(22)11-14)20(26)24-23-12-16-7-4-8-25(16)15-5-2-1-3-6-15/h1-12H,(H,24,26)/b23-12-. The molecule has 4 rings (SSSR count). The Bertz CT molecular complexity index is 1150. The third-order valence-corrected chi connectivity index (χ3v) is 4.98. The first-order valence-corrected chi connectivity index (χ1v) is 9.65. The largest absolute Gasteiger partial charge is 0.450 e.